The van der Waals surface area contributed by atoms with E-state index in [1.807, 2.05) is 12.1 Å². The lowest BCUT2D eigenvalue weighted by molar-refractivity contribution is 0.290. The van der Waals surface area contributed by atoms with E-state index < -0.39 is 0 Å². The predicted octanol–water partition coefficient (Wildman–Crippen LogP) is 3.49. The minimum absolute atomic E-state index is 0.0246. The van der Waals surface area contributed by atoms with Gasteiger partial charge in [-0.25, -0.2) is 0 Å². The van der Waals surface area contributed by atoms with Gasteiger partial charge in [-0.15, -0.1) is 5.92 Å². The molecule has 1 unspecified atom stereocenters. The van der Waals surface area contributed by atoms with Crippen LogP contribution in [-0.4, -0.2) is 12.6 Å². The molecule has 0 aliphatic rings. The Hall–Kier alpha value is -1.17. The van der Waals surface area contributed by atoms with Gasteiger partial charge in [0.2, 0.25) is 0 Å². The number of hydrogen-bond donors (Lipinski definition) is 1. The van der Waals surface area contributed by atoms with Crippen molar-refractivity contribution in [2.75, 3.05) is 6.61 Å². The minimum Gasteiger partial charge on any atom is -0.492 e. The zero-order chi connectivity index (χ0) is 13.6. The smallest absolute Gasteiger partial charge is 0.119 e. The van der Waals surface area contributed by atoms with Crippen molar-refractivity contribution in [1.29, 1.82) is 0 Å². The molecule has 0 spiro atoms. The standard InChI is InChI=1S/C15H20ClNO/c1-15(2,3)10-4-5-13(17)11-18-14-8-6-12(16)7-9-14/h6-9,13H,5,11,17H2,1-3H3. The summed E-state index contributed by atoms with van der Waals surface area (Å²) < 4.78 is 5.55. The quantitative estimate of drug-likeness (QED) is 0.846. The Labute approximate surface area is 114 Å². The fraction of sp³-hybridized carbons (Fsp3) is 0.467. The Morgan fingerprint density at radius 1 is 1.28 bits per heavy atom. The molecule has 1 rings (SSSR count). The zero-order valence-corrected chi connectivity index (χ0v) is 11.9. The fourth-order valence-corrected chi connectivity index (χ4v) is 1.37. The average Bonchev–Trinajstić information content (AvgIpc) is 2.26. The van der Waals surface area contributed by atoms with Crippen LogP contribution in [0.2, 0.25) is 5.02 Å². The first-order valence-electron chi connectivity index (χ1n) is 6.01. The summed E-state index contributed by atoms with van der Waals surface area (Å²) in [4.78, 5) is 0. The first-order valence-corrected chi connectivity index (χ1v) is 6.38. The molecular formula is C15H20ClNO. The van der Waals surface area contributed by atoms with Gasteiger partial charge in [-0.2, -0.15) is 0 Å². The van der Waals surface area contributed by atoms with Crippen LogP contribution in [0.4, 0.5) is 0 Å². The normalized spacial score (nSPS) is 12.5. The van der Waals surface area contributed by atoms with Crippen LogP contribution in [0.1, 0.15) is 27.2 Å². The summed E-state index contributed by atoms with van der Waals surface area (Å²) in [5.74, 6) is 7.03. The summed E-state index contributed by atoms with van der Waals surface area (Å²) in [7, 11) is 0. The Balaban J connectivity index is 2.34. The van der Waals surface area contributed by atoms with Gasteiger partial charge >= 0.3 is 0 Å². The topological polar surface area (TPSA) is 35.2 Å². The lowest BCUT2D eigenvalue weighted by Gasteiger charge is -2.11. The van der Waals surface area contributed by atoms with E-state index in [1.54, 1.807) is 12.1 Å². The Bertz CT molecular complexity index is 423. The summed E-state index contributed by atoms with van der Waals surface area (Å²) in [6.07, 6.45) is 0.644. The molecule has 1 atom stereocenters. The van der Waals surface area contributed by atoms with E-state index in [2.05, 4.69) is 32.6 Å². The van der Waals surface area contributed by atoms with Crippen LogP contribution in [0.3, 0.4) is 0 Å². The molecule has 2 N–H and O–H groups in total. The molecule has 0 saturated carbocycles. The Kier molecular flexibility index (Phi) is 5.53. The molecule has 98 valence electrons. The van der Waals surface area contributed by atoms with Gasteiger partial charge < -0.3 is 10.5 Å². The van der Waals surface area contributed by atoms with Gasteiger partial charge in [0.15, 0.2) is 0 Å². The highest BCUT2D eigenvalue weighted by atomic mass is 35.5. The molecule has 0 saturated heterocycles. The van der Waals surface area contributed by atoms with Crippen molar-refractivity contribution in [3.8, 4) is 17.6 Å². The number of halogens is 1. The average molecular weight is 266 g/mol. The highest BCUT2D eigenvalue weighted by Gasteiger charge is 2.05. The van der Waals surface area contributed by atoms with Crippen molar-refractivity contribution in [2.24, 2.45) is 11.1 Å². The van der Waals surface area contributed by atoms with Crippen molar-refractivity contribution >= 4 is 11.6 Å². The van der Waals surface area contributed by atoms with Gasteiger partial charge in [-0.05, 0) is 45.0 Å². The maximum absolute atomic E-state index is 5.93. The summed E-state index contributed by atoms with van der Waals surface area (Å²) in [5, 5.41) is 0.697. The third-order valence-corrected chi connectivity index (χ3v) is 2.36. The van der Waals surface area contributed by atoms with Crippen molar-refractivity contribution in [3.63, 3.8) is 0 Å². The van der Waals surface area contributed by atoms with E-state index in [9.17, 15) is 0 Å². The third-order valence-electron chi connectivity index (χ3n) is 2.11. The van der Waals surface area contributed by atoms with E-state index in [0.29, 0.717) is 18.1 Å². The maximum Gasteiger partial charge on any atom is 0.119 e. The molecule has 0 amide bonds. The van der Waals surface area contributed by atoms with E-state index in [1.165, 1.54) is 0 Å². The monoisotopic (exact) mass is 265 g/mol. The number of nitrogens with two attached hydrogens (primary N) is 1. The molecule has 0 bridgehead atoms. The van der Waals surface area contributed by atoms with Crippen LogP contribution in [-0.2, 0) is 0 Å². The van der Waals surface area contributed by atoms with Gasteiger partial charge in [-0.3, -0.25) is 0 Å². The minimum atomic E-state index is -0.0736. The highest BCUT2D eigenvalue weighted by molar-refractivity contribution is 6.30. The predicted molar refractivity (Wildman–Crippen MR) is 76.8 cm³/mol. The molecule has 1 aromatic rings. The molecule has 3 heteroatoms. The zero-order valence-electron chi connectivity index (χ0n) is 11.2. The number of hydrogen-bond acceptors (Lipinski definition) is 2. The van der Waals surface area contributed by atoms with Gasteiger partial charge in [0.25, 0.3) is 0 Å². The fourth-order valence-electron chi connectivity index (χ4n) is 1.24. The summed E-state index contributed by atoms with van der Waals surface area (Å²) in [6, 6.07) is 7.17. The molecule has 0 fully saturated rings. The van der Waals surface area contributed by atoms with Crippen molar-refractivity contribution in [1.82, 2.24) is 0 Å². The molecule has 18 heavy (non-hydrogen) atoms. The lowest BCUT2D eigenvalue weighted by Crippen LogP contribution is -2.27. The Morgan fingerprint density at radius 2 is 1.89 bits per heavy atom. The van der Waals surface area contributed by atoms with Gasteiger partial charge in [0.05, 0.1) is 0 Å². The molecule has 0 aliphatic heterocycles. The second kappa shape index (κ2) is 6.68. The second-order valence-electron chi connectivity index (χ2n) is 5.28. The van der Waals surface area contributed by atoms with Crippen molar-refractivity contribution in [2.45, 2.75) is 33.2 Å². The summed E-state index contributed by atoms with van der Waals surface area (Å²) in [5.41, 5.74) is 5.95. The molecule has 0 aliphatic carbocycles. The largest absolute Gasteiger partial charge is 0.492 e. The maximum atomic E-state index is 5.93. The van der Waals surface area contributed by atoms with Crippen LogP contribution in [0.25, 0.3) is 0 Å². The molecule has 0 heterocycles. The van der Waals surface area contributed by atoms with Crippen LogP contribution in [0.15, 0.2) is 24.3 Å². The van der Waals surface area contributed by atoms with Gasteiger partial charge in [-0.1, -0.05) is 17.5 Å². The first-order chi connectivity index (χ1) is 8.37. The molecule has 0 aromatic heterocycles. The van der Waals surface area contributed by atoms with Crippen LogP contribution in [0.5, 0.6) is 5.75 Å². The van der Waals surface area contributed by atoms with E-state index in [0.717, 1.165) is 5.75 Å². The number of benzene rings is 1. The number of rotatable bonds is 4. The van der Waals surface area contributed by atoms with E-state index in [4.69, 9.17) is 22.1 Å². The molecule has 1 aromatic carbocycles. The van der Waals surface area contributed by atoms with Crippen molar-refractivity contribution in [3.05, 3.63) is 29.3 Å². The third kappa shape index (κ3) is 6.54. The van der Waals surface area contributed by atoms with Crippen molar-refractivity contribution < 1.29 is 4.74 Å². The molecule has 2 nitrogen and oxygen atoms in total. The Morgan fingerprint density at radius 3 is 2.44 bits per heavy atom. The van der Waals surface area contributed by atoms with Crippen LogP contribution in [0, 0.1) is 17.3 Å². The van der Waals surface area contributed by atoms with E-state index >= 15 is 0 Å². The SMILES string of the molecule is CC(C)(C)C#CCC(N)COc1ccc(Cl)cc1. The summed E-state index contributed by atoms with van der Waals surface area (Å²) >= 11 is 5.79. The van der Waals surface area contributed by atoms with E-state index in [-0.39, 0.29) is 11.5 Å². The van der Waals surface area contributed by atoms with Crippen LogP contribution < -0.4 is 10.5 Å². The number of ether oxygens (including phenoxy) is 1. The molecular weight excluding hydrogens is 246 g/mol. The second-order valence-corrected chi connectivity index (χ2v) is 5.72. The van der Waals surface area contributed by atoms with Crippen LogP contribution >= 0.6 is 11.6 Å². The highest BCUT2D eigenvalue weighted by Crippen LogP contribution is 2.15. The van der Waals surface area contributed by atoms with Gasteiger partial charge in [0, 0.05) is 22.9 Å². The molecule has 0 radical (unpaired) electrons. The van der Waals surface area contributed by atoms with Gasteiger partial charge in [0.1, 0.15) is 12.4 Å². The lowest BCUT2D eigenvalue weighted by atomic mass is 9.97. The summed E-state index contributed by atoms with van der Waals surface area (Å²) in [6.45, 7) is 6.70. The first kappa shape index (κ1) is 14.9.